The van der Waals surface area contributed by atoms with Crippen molar-refractivity contribution in [2.75, 3.05) is 11.9 Å². The maximum atomic E-state index is 13.2. The van der Waals surface area contributed by atoms with E-state index in [1.165, 1.54) is 22.9 Å². The minimum absolute atomic E-state index is 0.0697. The molecule has 1 aromatic carbocycles. The van der Waals surface area contributed by atoms with E-state index in [1.807, 2.05) is 0 Å². The molecule has 0 saturated heterocycles. The van der Waals surface area contributed by atoms with Gasteiger partial charge >= 0.3 is 5.97 Å². The fourth-order valence-corrected chi connectivity index (χ4v) is 2.49. The van der Waals surface area contributed by atoms with Crippen LogP contribution < -0.4 is 5.32 Å². The number of aryl methyl sites for hydroxylation is 1. The van der Waals surface area contributed by atoms with Crippen molar-refractivity contribution in [2.24, 2.45) is 7.05 Å². The van der Waals surface area contributed by atoms with Crippen LogP contribution in [-0.4, -0.2) is 38.0 Å². The standard InChI is InChI=1S/C18H18FN5O3/c1-3-27-18(26)15-10-14(21-23(15)2)17(25)20-16-7-8-24(22-16)11-12-5-4-6-13(19)9-12/h4-10H,3,11H2,1-2H3,(H,20,22,25). The SMILES string of the molecule is CCOC(=O)c1cc(C(=O)Nc2ccn(Cc3cccc(F)c3)n2)nn1C. The second-order valence-electron chi connectivity index (χ2n) is 5.74. The summed E-state index contributed by atoms with van der Waals surface area (Å²) in [5.41, 5.74) is 0.999. The number of amides is 1. The van der Waals surface area contributed by atoms with E-state index in [0.29, 0.717) is 12.4 Å². The number of rotatable bonds is 6. The number of benzene rings is 1. The molecule has 0 unspecified atom stereocenters. The van der Waals surface area contributed by atoms with Gasteiger partial charge in [0.1, 0.15) is 11.5 Å². The number of hydrogen-bond donors (Lipinski definition) is 1. The molecule has 140 valence electrons. The average molecular weight is 371 g/mol. The molecule has 0 aliphatic carbocycles. The fourth-order valence-electron chi connectivity index (χ4n) is 2.49. The number of hydrogen-bond acceptors (Lipinski definition) is 5. The molecule has 8 nitrogen and oxygen atoms in total. The van der Waals surface area contributed by atoms with E-state index in [9.17, 15) is 14.0 Å². The van der Waals surface area contributed by atoms with Gasteiger partial charge in [-0.25, -0.2) is 9.18 Å². The van der Waals surface area contributed by atoms with Gasteiger partial charge in [0, 0.05) is 25.4 Å². The van der Waals surface area contributed by atoms with E-state index < -0.39 is 11.9 Å². The second kappa shape index (κ2) is 7.81. The molecule has 0 atom stereocenters. The van der Waals surface area contributed by atoms with Gasteiger partial charge < -0.3 is 10.1 Å². The first-order valence-corrected chi connectivity index (χ1v) is 8.26. The molecule has 0 radical (unpaired) electrons. The third-order valence-corrected chi connectivity index (χ3v) is 3.71. The number of aromatic nitrogens is 4. The van der Waals surface area contributed by atoms with Crippen LogP contribution in [0.4, 0.5) is 10.2 Å². The van der Waals surface area contributed by atoms with Crippen LogP contribution in [0.3, 0.4) is 0 Å². The Balaban J connectivity index is 1.67. The highest BCUT2D eigenvalue weighted by Crippen LogP contribution is 2.11. The number of carbonyl (C=O) groups excluding carboxylic acids is 2. The van der Waals surface area contributed by atoms with Crippen molar-refractivity contribution in [3.05, 3.63) is 65.4 Å². The molecule has 0 aliphatic heterocycles. The average Bonchev–Trinajstić information content (AvgIpc) is 3.21. The Kier molecular flexibility index (Phi) is 5.30. The Morgan fingerprint density at radius 1 is 1.22 bits per heavy atom. The highest BCUT2D eigenvalue weighted by Gasteiger charge is 2.19. The Hall–Kier alpha value is -3.49. The van der Waals surface area contributed by atoms with Crippen molar-refractivity contribution in [3.63, 3.8) is 0 Å². The van der Waals surface area contributed by atoms with Gasteiger partial charge in [-0.1, -0.05) is 12.1 Å². The second-order valence-corrected chi connectivity index (χ2v) is 5.74. The zero-order chi connectivity index (χ0) is 19.4. The molecule has 2 aromatic heterocycles. The summed E-state index contributed by atoms with van der Waals surface area (Å²) in [5, 5.41) is 10.9. The van der Waals surface area contributed by atoms with Crippen LogP contribution in [0.2, 0.25) is 0 Å². The van der Waals surface area contributed by atoms with Gasteiger partial charge in [0.25, 0.3) is 5.91 Å². The van der Waals surface area contributed by atoms with Crippen LogP contribution in [0, 0.1) is 5.82 Å². The lowest BCUT2D eigenvalue weighted by Gasteiger charge is -2.02. The molecule has 0 spiro atoms. The molecule has 9 heteroatoms. The van der Waals surface area contributed by atoms with E-state index in [-0.39, 0.29) is 23.8 Å². The fraction of sp³-hybridized carbons (Fsp3) is 0.222. The topological polar surface area (TPSA) is 91.0 Å². The Labute approximate surface area is 154 Å². The summed E-state index contributed by atoms with van der Waals surface area (Å²) in [6, 6.07) is 9.18. The van der Waals surface area contributed by atoms with E-state index in [1.54, 1.807) is 43.0 Å². The molecule has 0 aliphatic rings. The first kappa shape index (κ1) is 18.3. The van der Waals surface area contributed by atoms with Gasteiger partial charge in [0.15, 0.2) is 11.5 Å². The van der Waals surface area contributed by atoms with Crippen LogP contribution >= 0.6 is 0 Å². The lowest BCUT2D eigenvalue weighted by Crippen LogP contribution is -2.14. The summed E-state index contributed by atoms with van der Waals surface area (Å²) in [7, 11) is 1.55. The number of ether oxygens (including phenoxy) is 1. The van der Waals surface area contributed by atoms with E-state index in [4.69, 9.17) is 4.74 Å². The predicted molar refractivity (Wildman–Crippen MR) is 94.8 cm³/mol. The number of halogens is 1. The third kappa shape index (κ3) is 4.38. The molecule has 2 heterocycles. The summed E-state index contributed by atoms with van der Waals surface area (Å²) in [5.74, 6) is -1.05. The first-order chi connectivity index (χ1) is 13.0. The summed E-state index contributed by atoms with van der Waals surface area (Å²) in [6.45, 7) is 2.29. The van der Waals surface area contributed by atoms with Crippen LogP contribution in [-0.2, 0) is 18.3 Å². The zero-order valence-electron chi connectivity index (χ0n) is 14.8. The molecule has 1 amide bonds. The minimum Gasteiger partial charge on any atom is -0.461 e. The van der Waals surface area contributed by atoms with Crippen molar-refractivity contribution < 1.29 is 18.7 Å². The molecule has 3 rings (SSSR count). The maximum absolute atomic E-state index is 13.2. The number of esters is 1. The van der Waals surface area contributed by atoms with Crippen molar-refractivity contribution >= 4 is 17.7 Å². The van der Waals surface area contributed by atoms with Crippen molar-refractivity contribution in [1.82, 2.24) is 19.6 Å². The Bertz CT molecular complexity index is 979. The third-order valence-electron chi connectivity index (χ3n) is 3.71. The monoisotopic (exact) mass is 371 g/mol. The van der Waals surface area contributed by atoms with Crippen LogP contribution in [0.15, 0.2) is 42.6 Å². The number of carbonyl (C=O) groups is 2. The highest BCUT2D eigenvalue weighted by atomic mass is 19.1. The summed E-state index contributed by atoms with van der Waals surface area (Å²) in [4.78, 5) is 24.1. The normalized spacial score (nSPS) is 10.6. The number of nitrogens with one attached hydrogen (secondary N) is 1. The largest absolute Gasteiger partial charge is 0.461 e. The molecular weight excluding hydrogens is 353 g/mol. The van der Waals surface area contributed by atoms with Crippen LogP contribution in [0.1, 0.15) is 33.5 Å². The van der Waals surface area contributed by atoms with Gasteiger partial charge in [0.2, 0.25) is 0 Å². The Morgan fingerprint density at radius 3 is 2.78 bits per heavy atom. The molecule has 3 aromatic rings. The van der Waals surface area contributed by atoms with E-state index in [2.05, 4.69) is 15.5 Å². The molecule has 27 heavy (non-hydrogen) atoms. The lowest BCUT2D eigenvalue weighted by molar-refractivity contribution is 0.0513. The van der Waals surface area contributed by atoms with Crippen molar-refractivity contribution in [2.45, 2.75) is 13.5 Å². The molecule has 0 bridgehead atoms. The molecule has 1 N–H and O–H groups in total. The molecule has 0 fully saturated rings. The maximum Gasteiger partial charge on any atom is 0.356 e. The Morgan fingerprint density at radius 2 is 2.04 bits per heavy atom. The van der Waals surface area contributed by atoms with Gasteiger partial charge in [-0.05, 0) is 24.6 Å². The summed E-state index contributed by atoms with van der Waals surface area (Å²) in [6.07, 6.45) is 1.67. The number of anilines is 1. The summed E-state index contributed by atoms with van der Waals surface area (Å²) < 4.78 is 21.0. The summed E-state index contributed by atoms with van der Waals surface area (Å²) >= 11 is 0. The van der Waals surface area contributed by atoms with Crippen molar-refractivity contribution in [1.29, 1.82) is 0 Å². The minimum atomic E-state index is -0.550. The van der Waals surface area contributed by atoms with Gasteiger partial charge in [-0.3, -0.25) is 14.2 Å². The van der Waals surface area contributed by atoms with E-state index >= 15 is 0 Å². The molecular formula is C18H18FN5O3. The molecule has 0 saturated carbocycles. The first-order valence-electron chi connectivity index (χ1n) is 8.26. The van der Waals surface area contributed by atoms with Crippen LogP contribution in [0.25, 0.3) is 0 Å². The zero-order valence-corrected chi connectivity index (χ0v) is 14.8. The number of nitrogens with zero attached hydrogens (tertiary/aromatic N) is 4. The quantitative estimate of drug-likeness (QED) is 0.671. The van der Waals surface area contributed by atoms with Gasteiger partial charge in [0.05, 0.1) is 13.2 Å². The smallest absolute Gasteiger partial charge is 0.356 e. The lowest BCUT2D eigenvalue weighted by atomic mass is 10.2. The van der Waals surface area contributed by atoms with E-state index in [0.717, 1.165) is 5.56 Å². The van der Waals surface area contributed by atoms with Gasteiger partial charge in [-0.2, -0.15) is 10.2 Å². The highest BCUT2D eigenvalue weighted by molar-refractivity contribution is 6.03. The van der Waals surface area contributed by atoms with Crippen LogP contribution in [0.5, 0.6) is 0 Å². The predicted octanol–water partition coefficient (Wildman–Crippen LogP) is 2.23. The van der Waals surface area contributed by atoms with Crippen molar-refractivity contribution in [3.8, 4) is 0 Å². The van der Waals surface area contributed by atoms with Gasteiger partial charge in [-0.15, -0.1) is 0 Å².